The van der Waals surface area contributed by atoms with Crippen LogP contribution in [0.15, 0.2) is 36.5 Å². The number of hydrogen-bond acceptors (Lipinski definition) is 2. The second kappa shape index (κ2) is 4.18. The van der Waals surface area contributed by atoms with Gasteiger partial charge in [-0.25, -0.2) is 4.68 Å². The Morgan fingerprint density at radius 3 is 2.94 bits per heavy atom. The summed E-state index contributed by atoms with van der Waals surface area (Å²) in [5.74, 6) is -0.866. The van der Waals surface area contributed by atoms with Crippen molar-refractivity contribution in [2.75, 3.05) is 0 Å². The fourth-order valence-electron chi connectivity index (χ4n) is 1.53. The lowest BCUT2D eigenvalue weighted by Crippen LogP contribution is -2.02. The molecule has 0 aliphatic heterocycles. The summed E-state index contributed by atoms with van der Waals surface area (Å²) >= 11 is 0. The van der Waals surface area contributed by atoms with E-state index in [1.54, 1.807) is 16.9 Å². The second-order valence-electron chi connectivity index (χ2n) is 3.66. The molecule has 0 saturated heterocycles. The Balaban J connectivity index is 2.28. The first-order valence-corrected chi connectivity index (χ1v) is 4.98. The van der Waals surface area contributed by atoms with E-state index in [9.17, 15) is 4.79 Å². The van der Waals surface area contributed by atoms with Gasteiger partial charge in [-0.3, -0.25) is 4.79 Å². The van der Waals surface area contributed by atoms with Gasteiger partial charge >= 0.3 is 5.97 Å². The molecule has 0 aliphatic rings. The molecule has 0 amide bonds. The lowest BCUT2D eigenvalue weighted by Gasteiger charge is -2.01. The molecule has 0 atom stereocenters. The second-order valence-corrected chi connectivity index (χ2v) is 3.66. The maximum absolute atomic E-state index is 10.5. The quantitative estimate of drug-likeness (QED) is 0.851. The molecule has 0 aliphatic carbocycles. The lowest BCUT2D eigenvalue weighted by molar-refractivity contribution is -0.136. The van der Waals surface area contributed by atoms with Crippen LogP contribution in [0.1, 0.15) is 11.3 Å². The minimum atomic E-state index is -0.866. The SMILES string of the molecule is Cc1cccc(-n2ccc(CC(=O)O)n2)c1. The number of aryl methyl sites for hydroxylation is 1. The van der Waals surface area contributed by atoms with Crippen LogP contribution in [0.4, 0.5) is 0 Å². The molecule has 0 unspecified atom stereocenters. The number of carboxylic acids is 1. The average molecular weight is 216 g/mol. The molecule has 0 spiro atoms. The maximum atomic E-state index is 10.5. The van der Waals surface area contributed by atoms with Crippen LogP contribution in [0.3, 0.4) is 0 Å². The third-order valence-corrected chi connectivity index (χ3v) is 2.24. The van der Waals surface area contributed by atoms with Gasteiger partial charge in [0.15, 0.2) is 0 Å². The average Bonchev–Trinajstić information content (AvgIpc) is 2.65. The summed E-state index contributed by atoms with van der Waals surface area (Å²) in [6.45, 7) is 2.01. The van der Waals surface area contributed by atoms with Gasteiger partial charge in [-0.2, -0.15) is 5.10 Å². The van der Waals surface area contributed by atoms with Gasteiger partial charge in [0.1, 0.15) is 0 Å². The van der Waals surface area contributed by atoms with E-state index >= 15 is 0 Å². The van der Waals surface area contributed by atoms with Gasteiger partial charge < -0.3 is 5.11 Å². The molecule has 1 aromatic carbocycles. The summed E-state index contributed by atoms with van der Waals surface area (Å²) in [6.07, 6.45) is 1.73. The van der Waals surface area contributed by atoms with Crippen LogP contribution in [0.5, 0.6) is 0 Å². The highest BCUT2D eigenvalue weighted by Crippen LogP contribution is 2.10. The monoisotopic (exact) mass is 216 g/mol. The van der Waals surface area contributed by atoms with Crippen LogP contribution < -0.4 is 0 Å². The van der Waals surface area contributed by atoms with E-state index in [4.69, 9.17) is 5.11 Å². The topological polar surface area (TPSA) is 55.1 Å². The van der Waals surface area contributed by atoms with Crippen molar-refractivity contribution in [3.05, 3.63) is 47.8 Å². The fourth-order valence-corrected chi connectivity index (χ4v) is 1.53. The highest BCUT2D eigenvalue weighted by atomic mass is 16.4. The van der Waals surface area contributed by atoms with E-state index in [0.717, 1.165) is 11.3 Å². The molecule has 82 valence electrons. The van der Waals surface area contributed by atoms with Gasteiger partial charge in [-0.15, -0.1) is 0 Å². The molecule has 16 heavy (non-hydrogen) atoms. The van der Waals surface area contributed by atoms with Crippen molar-refractivity contribution in [3.8, 4) is 5.69 Å². The number of hydrogen-bond donors (Lipinski definition) is 1. The van der Waals surface area contributed by atoms with Gasteiger partial charge in [0.2, 0.25) is 0 Å². The number of aliphatic carboxylic acids is 1. The fraction of sp³-hybridized carbons (Fsp3) is 0.167. The van der Waals surface area contributed by atoms with E-state index in [-0.39, 0.29) is 6.42 Å². The van der Waals surface area contributed by atoms with E-state index in [2.05, 4.69) is 5.10 Å². The predicted molar refractivity (Wildman–Crippen MR) is 59.6 cm³/mol. The molecule has 4 nitrogen and oxygen atoms in total. The summed E-state index contributed by atoms with van der Waals surface area (Å²) < 4.78 is 1.69. The smallest absolute Gasteiger partial charge is 0.309 e. The number of carbonyl (C=O) groups is 1. The van der Waals surface area contributed by atoms with Crippen molar-refractivity contribution in [1.82, 2.24) is 9.78 Å². The molecule has 1 heterocycles. The van der Waals surface area contributed by atoms with Crippen molar-refractivity contribution < 1.29 is 9.90 Å². The normalized spacial score (nSPS) is 10.3. The van der Waals surface area contributed by atoms with E-state index in [0.29, 0.717) is 5.69 Å². The van der Waals surface area contributed by atoms with Crippen LogP contribution in [0.2, 0.25) is 0 Å². The van der Waals surface area contributed by atoms with Gasteiger partial charge in [0, 0.05) is 6.20 Å². The zero-order valence-corrected chi connectivity index (χ0v) is 8.92. The predicted octanol–water partition coefficient (Wildman–Crippen LogP) is 1.81. The Hall–Kier alpha value is -2.10. The number of rotatable bonds is 3. The molecule has 1 aromatic heterocycles. The van der Waals surface area contributed by atoms with Gasteiger partial charge in [-0.05, 0) is 30.7 Å². The molecule has 0 saturated carbocycles. The first-order valence-electron chi connectivity index (χ1n) is 4.98. The number of benzene rings is 1. The highest BCUT2D eigenvalue weighted by Gasteiger charge is 2.05. The third kappa shape index (κ3) is 2.28. The molecule has 0 bridgehead atoms. The molecular weight excluding hydrogens is 204 g/mol. The zero-order valence-electron chi connectivity index (χ0n) is 8.92. The standard InChI is InChI=1S/C12H12N2O2/c1-9-3-2-4-11(7-9)14-6-5-10(13-14)8-12(15)16/h2-7H,8H2,1H3,(H,15,16). The molecule has 0 radical (unpaired) electrons. The first kappa shape index (κ1) is 10.4. The van der Waals surface area contributed by atoms with Crippen molar-refractivity contribution in [2.45, 2.75) is 13.3 Å². The molecule has 4 heteroatoms. The van der Waals surface area contributed by atoms with Crippen molar-refractivity contribution in [3.63, 3.8) is 0 Å². The number of aromatic nitrogens is 2. The van der Waals surface area contributed by atoms with Gasteiger partial charge in [0.05, 0.1) is 17.8 Å². The molecule has 1 N–H and O–H groups in total. The van der Waals surface area contributed by atoms with Crippen LogP contribution in [-0.2, 0) is 11.2 Å². The minimum absolute atomic E-state index is 0.0428. The van der Waals surface area contributed by atoms with Crippen LogP contribution >= 0.6 is 0 Å². The van der Waals surface area contributed by atoms with Crippen LogP contribution in [0, 0.1) is 6.92 Å². The minimum Gasteiger partial charge on any atom is -0.481 e. The van der Waals surface area contributed by atoms with Crippen molar-refractivity contribution in [2.24, 2.45) is 0 Å². The Kier molecular flexibility index (Phi) is 2.72. The lowest BCUT2D eigenvalue weighted by atomic mass is 10.2. The highest BCUT2D eigenvalue weighted by molar-refractivity contribution is 5.69. The Bertz CT molecular complexity index is 517. The Morgan fingerprint density at radius 1 is 1.44 bits per heavy atom. The Morgan fingerprint density at radius 2 is 2.25 bits per heavy atom. The van der Waals surface area contributed by atoms with Crippen molar-refractivity contribution >= 4 is 5.97 Å². The van der Waals surface area contributed by atoms with E-state index in [1.807, 2.05) is 31.2 Å². The Labute approximate surface area is 93.1 Å². The first-order chi connectivity index (χ1) is 7.65. The van der Waals surface area contributed by atoms with Crippen LogP contribution in [0.25, 0.3) is 5.69 Å². The largest absolute Gasteiger partial charge is 0.481 e. The summed E-state index contributed by atoms with van der Waals surface area (Å²) in [6, 6.07) is 9.60. The summed E-state index contributed by atoms with van der Waals surface area (Å²) in [5, 5.41) is 12.8. The van der Waals surface area contributed by atoms with E-state index in [1.165, 1.54) is 0 Å². The summed E-state index contributed by atoms with van der Waals surface area (Å²) in [5.41, 5.74) is 2.65. The molecular formula is C12H12N2O2. The number of nitrogens with zero attached hydrogens (tertiary/aromatic N) is 2. The molecule has 0 fully saturated rings. The van der Waals surface area contributed by atoms with Crippen molar-refractivity contribution in [1.29, 1.82) is 0 Å². The zero-order chi connectivity index (χ0) is 11.5. The number of carboxylic acid groups (broad SMARTS) is 1. The summed E-state index contributed by atoms with van der Waals surface area (Å²) in [4.78, 5) is 10.5. The van der Waals surface area contributed by atoms with Crippen LogP contribution in [-0.4, -0.2) is 20.9 Å². The molecule has 2 aromatic rings. The maximum Gasteiger partial charge on any atom is 0.309 e. The van der Waals surface area contributed by atoms with E-state index < -0.39 is 5.97 Å². The van der Waals surface area contributed by atoms with Gasteiger partial charge in [0.25, 0.3) is 0 Å². The van der Waals surface area contributed by atoms with Gasteiger partial charge in [-0.1, -0.05) is 12.1 Å². The molecule has 2 rings (SSSR count). The third-order valence-electron chi connectivity index (χ3n) is 2.24. The summed E-state index contributed by atoms with van der Waals surface area (Å²) in [7, 11) is 0.